The van der Waals surface area contributed by atoms with Gasteiger partial charge < -0.3 is 15.2 Å². The summed E-state index contributed by atoms with van der Waals surface area (Å²) in [4.78, 5) is 15.7. The molecule has 0 amide bonds. The van der Waals surface area contributed by atoms with Crippen LogP contribution < -0.4 is 10.1 Å². The molecule has 0 spiro atoms. The lowest BCUT2D eigenvalue weighted by Gasteiger charge is -2.21. The highest BCUT2D eigenvalue weighted by molar-refractivity contribution is 5.78. The molecule has 3 aromatic rings. The highest BCUT2D eigenvalue weighted by Gasteiger charge is 2.29. The third kappa shape index (κ3) is 4.07. The number of rotatable bonds is 6. The maximum atomic E-state index is 11.1. The first kappa shape index (κ1) is 16.8. The zero-order chi connectivity index (χ0) is 17.9. The number of aromatic nitrogens is 1. The number of carboxylic acids is 1. The van der Waals surface area contributed by atoms with Crippen LogP contribution in [0.5, 0.6) is 5.75 Å². The van der Waals surface area contributed by atoms with E-state index in [-0.39, 0.29) is 0 Å². The van der Waals surface area contributed by atoms with E-state index >= 15 is 0 Å². The normalized spacial score (nSPS) is 11.3. The van der Waals surface area contributed by atoms with Crippen LogP contribution in [0.1, 0.15) is 19.5 Å². The second-order valence-electron chi connectivity index (χ2n) is 6.29. The quantitative estimate of drug-likeness (QED) is 0.709. The number of carboxylic acid groups (broad SMARTS) is 1. The van der Waals surface area contributed by atoms with E-state index in [0.29, 0.717) is 12.3 Å². The molecule has 25 heavy (non-hydrogen) atoms. The molecule has 0 fully saturated rings. The van der Waals surface area contributed by atoms with E-state index in [1.54, 1.807) is 12.1 Å². The summed E-state index contributed by atoms with van der Waals surface area (Å²) >= 11 is 0. The van der Waals surface area contributed by atoms with Crippen molar-refractivity contribution in [3.05, 3.63) is 66.4 Å². The van der Waals surface area contributed by atoms with Gasteiger partial charge in [-0.25, -0.2) is 4.79 Å². The Kier molecular flexibility index (Phi) is 4.57. The lowest BCUT2D eigenvalue weighted by Crippen LogP contribution is -2.37. The number of para-hydroxylation sites is 1. The van der Waals surface area contributed by atoms with E-state index in [1.165, 1.54) is 13.8 Å². The van der Waals surface area contributed by atoms with Crippen molar-refractivity contribution in [3.63, 3.8) is 0 Å². The molecular formula is C20H20N2O3. The van der Waals surface area contributed by atoms with Crippen LogP contribution in [0.25, 0.3) is 10.9 Å². The maximum Gasteiger partial charge on any atom is 0.347 e. The Balaban J connectivity index is 1.64. The number of benzene rings is 2. The molecule has 0 bridgehead atoms. The van der Waals surface area contributed by atoms with Gasteiger partial charge in [-0.1, -0.05) is 24.3 Å². The van der Waals surface area contributed by atoms with Crippen LogP contribution >= 0.6 is 0 Å². The third-order valence-electron chi connectivity index (χ3n) is 3.87. The molecule has 2 aromatic carbocycles. The topological polar surface area (TPSA) is 71.5 Å². The molecule has 2 N–H and O–H groups in total. The number of pyridine rings is 1. The fraction of sp³-hybridized carbons (Fsp3) is 0.200. The standard InChI is InChI=1S/C20H20N2O3/c1-20(2,19(23)24)25-17-11-9-15(10-12-17)21-13-16-8-7-14-5-3-4-6-18(14)22-16/h3-12,21H,13H2,1-2H3,(H,23,24). The molecule has 0 saturated heterocycles. The molecule has 128 valence electrons. The summed E-state index contributed by atoms with van der Waals surface area (Å²) in [5.74, 6) is -0.487. The molecule has 5 nitrogen and oxygen atoms in total. The van der Waals surface area contributed by atoms with Crippen LogP contribution in [0.3, 0.4) is 0 Å². The number of hydrogen-bond acceptors (Lipinski definition) is 4. The summed E-state index contributed by atoms with van der Waals surface area (Å²) in [7, 11) is 0. The van der Waals surface area contributed by atoms with Crippen LogP contribution in [-0.2, 0) is 11.3 Å². The Morgan fingerprint density at radius 2 is 1.80 bits per heavy atom. The SMILES string of the molecule is CC(C)(Oc1ccc(NCc2ccc3ccccc3n2)cc1)C(=O)O. The van der Waals surface area contributed by atoms with E-state index in [0.717, 1.165) is 22.3 Å². The van der Waals surface area contributed by atoms with Crippen molar-refractivity contribution in [2.75, 3.05) is 5.32 Å². The van der Waals surface area contributed by atoms with Crippen LogP contribution in [0, 0.1) is 0 Å². The maximum absolute atomic E-state index is 11.1. The van der Waals surface area contributed by atoms with E-state index in [1.807, 2.05) is 42.5 Å². The van der Waals surface area contributed by atoms with Crippen molar-refractivity contribution < 1.29 is 14.6 Å². The lowest BCUT2D eigenvalue weighted by molar-refractivity contribution is -0.152. The summed E-state index contributed by atoms with van der Waals surface area (Å²) in [5, 5.41) is 13.5. The smallest absolute Gasteiger partial charge is 0.347 e. The van der Waals surface area contributed by atoms with Crippen molar-refractivity contribution in [1.82, 2.24) is 4.98 Å². The third-order valence-corrected chi connectivity index (χ3v) is 3.87. The Labute approximate surface area is 146 Å². The first-order valence-electron chi connectivity index (χ1n) is 8.05. The first-order chi connectivity index (χ1) is 11.9. The highest BCUT2D eigenvalue weighted by atomic mass is 16.5. The average Bonchev–Trinajstić information content (AvgIpc) is 2.60. The Hall–Kier alpha value is -3.08. The van der Waals surface area contributed by atoms with E-state index in [9.17, 15) is 4.79 Å². The number of nitrogens with one attached hydrogen (secondary N) is 1. The van der Waals surface area contributed by atoms with Gasteiger partial charge in [0.05, 0.1) is 17.8 Å². The largest absolute Gasteiger partial charge is 0.478 e. The Morgan fingerprint density at radius 3 is 2.52 bits per heavy atom. The molecule has 3 rings (SSSR count). The number of aliphatic carboxylic acids is 1. The Bertz CT molecular complexity index is 889. The van der Waals surface area contributed by atoms with Gasteiger partial charge in [0.25, 0.3) is 0 Å². The number of hydrogen-bond donors (Lipinski definition) is 2. The van der Waals surface area contributed by atoms with Gasteiger partial charge in [-0.15, -0.1) is 0 Å². The first-order valence-corrected chi connectivity index (χ1v) is 8.05. The molecule has 0 atom stereocenters. The second-order valence-corrected chi connectivity index (χ2v) is 6.29. The number of anilines is 1. The van der Waals surface area contributed by atoms with Gasteiger partial charge in [0.1, 0.15) is 5.75 Å². The minimum absolute atomic E-state index is 0.516. The van der Waals surface area contributed by atoms with E-state index in [2.05, 4.69) is 16.4 Å². The van der Waals surface area contributed by atoms with Crippen molar-refractivity contribution in [2.45, 2.75) is 26.0 Å². The van der Waals surface area contributed by atoms with Crippen LogP contribution in [0.15, 0.2) is 60.7 Å². The highest BCUT2D eigenvalue weighted by Crippen LogP contribution is 2.21. The number of fused-ring (bicyclic) bond motifs is 1. The van der Waals surface area contributed by atoms with Gasteiger partial charge in [0.15, 0.2) is 5.60 Å². The fourth-order valence-electron chi connectivity index (χ4n) is 2.38. The van der Waals surface area contributed by atoms with Crippen molar-refractivity contribution >= 4 is 22.6 Å². The fourth-order valence-corrected chi connectivity index (χ4v) is 2.38. The number of nitrogens with zero attached hydrogens (tertiary/aromatic N) is 1. The summed E-state index contributed by atoms with van der Waals surface area (Å²) in [6.45, 7) is 3.64. The minimum atomic E-state index is -1.26. The van der Waals surface area contributed by atoms with Gasteiger partial charge in [0.2, 0.25) is 0 Å². The van der Waals surface area contributed by atoms with Crippen LogP contribution in [-0.4, -0.2) is 21.7 Å². The molecule has 0 unspecified atom stereocenters. The van der Waals surface area contributed by atoms with Crippen molar-refractivity contribution in [2.24, 2.45) is 0 Å². The predicted molar refractivity (Wildman–Crippen MR) is 97.9 cm³/mol. The second kappa shape index (κ2) is 6.81. The van der Waals surface area contributed by atoms with Gasteiger partial charge in [-0.2, -0.15) is 0 Å². The van der Waals surface area contributed by atoms with E-state index < -0.39 is 11.6 Å². The molecule has 0 aliphatic rings. The van der Waals surface area contributed by atoms with Gasteiger partial charge >= 0.3 is 5.97 Å². The summed E-state index contributed by atoms with van der Waals surface area (Å²) in [5.41, 5.74) is 1.58. The molecule has 1 aromatic heterocycles. The van der Waals surface area contributed by atoms with E-state index in [4.69, 9.17) is 9.84 Å². The molecule has 5 heteroatoms. The monoisotopic (exact) mass is 336 g/mol. The van der Waals surface area contributed by atoms with Gasteiger partial charge in [-0.3, -0.25) is 4.98 Å². The number of ether oxygens (including phenoxy) is 1. The number of carbonyl (C=O) groups is 1. The molecular weight excluding hydrogens is 316 g/mol. The average molecular weight is 336 g/mol. The molecule has 0 aliphatic heterocycles. The molecule has 0 radical (unpaired) electrons. The predicted octanol–water partition coefficient (Wildman–Crippen LogP) is 4.09. The molecule has 1 heterocycles. The van der Waals surface area contributed by atoms with Crippen LogP contribution in [0.2, 0.25) is 0 Å². The van der Waals surface area contributed by atoms with Gasteiger partial charge in [0, 0.05) is 11.1 Å². The minimum Gasteiger partial charge on any atom is -0.478 e. The summed E-state index contributed by atoms with van der Waals surface area (Å²) in [6, 6.07) is 19.3. The summed E-state index contributed by atoms with van der Waals surface area (Å²) in [6.07, 6.45) is 0. The summed E-state index contributed by atoms with van der Waals surface area (Å²) < 4.78 is 5.49. The van der Waals surface area contributed by atoms with Crippen LogP contribution in [0.4, 0.5) is 5.69 Å². The van der Waals surface area contributed by atoms with Gasteiger partial charge in [-0.05, 0) is 50.2 Å². The Morgan fingerprint density at radius 1 is 1.08 bits per heavy atom. The molecule has 0 saturated carbocycles. The zero-order valence-electron chi connectivity index (χ0n) is 14.2. The van der Waals surface area contributed by atoms with Crippen molar-refractivity contribution in [3.8, 4) is 5.75 Å². The van der Waals surface area contributed by atoms with Crippen molar-refractivity contribution in [1.29, 1.82) is 0 Å². The zero-order valence-corrected chi connectivity index (χ0v) is 14.2. The lowest BCUT2D eigenvalue weighted by atomic mass is 10.1. The molecule has 0 aliphatic carbocycles.